The van der Waals surface area contributed by atoms with Gasteiger partial charge in [-0.25, -0.2) is 4.98 Å². The summed E-state index contributed by atoms with van der Waals surface area (Å²) in [6.45, 7) is 6.33. The van der Waals surface area contributed by atoms with Gasteiger partial charge in [0, 0.05) is 25.0 Å². The number of aromatic nitrogens is 1. The van der Waals surface area contributed by atoms with Crippen LogP contribution in [0.4, 0.5) is 0 Å². The number of hydrogen-bond donors (Lipinski definition) is 1. The third kappa shape index (κ3) is 3.57. The van der Waals surface area contributed by atoms with Crippen molar-refractivity contribution in [2.24, 2.45) is 5.41 Å². The predicted octanol–water partition coefficient (Wildman–Crippen LogP) is 2.91. The Balaban J connectivity index is 1.30. The van der Waals surface area contributed by atoms with E-state index in [4.69, 9.17) is 9.72 Å². The minimum atomic E-state index is 0.537. The van der Waals surface area contributed by atoms with Crippen LogP contribution in [-0.2, 0) is 13.2 Å². The smallest absolute Gasteiger partial charge is 0.140 e. The van der Waals surface area contributed by atoms with E-state index in [-0.39, 0.29) is 0 Å². The second kappa shape index (κ2) is 6.59. The van der Waals surface area contributed by atoms with Crippen molar-refractivity contribution in [1.82, 2.24) is 15.2 Å². The van der Waals surface area contributed by atoms with Gasteiger partial charge in [-0.2, -0.15) is 0 Å². The number of para-hydroxylation sites is 1. The van der Waals surface area contributed by atoms with Crippen LogP contribution in [0.2, 0.25) is 0 Å². The fourth-order valence-electron chi connectivity index (χ4n) is 3.69. The van der Waals surface area contributed by atoms with Crippen LogP contribution in [0.15, 0.2) is 35.7 Å². The van der Waals surface area contributed by atoms with Crippen LogP contribution < -0.4 is 10.1 Å². The van der Waals surface area contributed by atoms with Gasteiger partial charge in [0.2, 0.25) is 0 Å². The van der Waals surface area contributed by atoms with Gasteiger partial charge in [0.05, 0.1) is 5.69 Å². The number of nitrogens with zero attached hydrogens (tertiary/aromatic N) is 2. The molecule has 4 nitrogen and oxygen atoms in total. The number of thiazole rings is 1. The van der Waals surface area contributed by atoms with Gasteiger partial charge in [-0.05, 0) is 43.5 Å². The van der Waals surface area contributed by atoms with Crippen molar-refractivity contribution in [1.29, 1.82) is 0 Å². The van der Waals surface area contributed by atoms with Crippen molar-refractivity contribution in [3.8, 4) is 5.75 Å². The topological polar surface area (TPSA) is 37.4 Å². The first-order valence-corrected chi connectivity index (χ1v) is 9.24. The van der Waals surface area contributed by atoms with Gasteiger partial charge in [0.15, 0.2) is 0 Å². The van der Waals surface area contributed by atoms with Gasteiger partial charge >= 0.3 is 0 Å². The first-order valence-electron chi connectivity index (χ1n) is 8.36. The SMILES string of the molecule is c1ccc(OCc2nc(CN3CCC4(CCNC4)C3)cs2)cc1. The Bertz CT molecular complexity index is 637. The summed E-state index contributed by atoms with van der Waals surface area (Å²) in [5.74, 6) is 0.902. The molecule has 4 rings (SSSR count). The van der Waals surface area contributed by atoms with E-state index in [0.717, 1.165) is 17.3 Å². The highest BCUT2D eigenvalue weighted by atomic mass is 32.1. The zero-order valence-corrected chi connectivity index (χ0v) is 14.1. The Labute approximate surface area is 141 Å². The lowest BCUT2D eigenvalue weighted by atomic mass is 9.87. The maximum atomic E-state index is 5.78. The molecule has 1 unspecified atom stereocenters. The zero-order valence-electron chi connectivity index (χ0n) is 13.3. The third-order valence-corrected chi connectivity index (χ3v) is 5.81. The van der Waals surface area contributed by atoms with E-state index in [2.05, 4.69) is 15.6 Å². The number of likely N-dealkylation sites (tertiary alicyclic amines) is 1. The lowest BCUT2D eigenvalue weighted by Crippen LogP contribution is -2.29. The molecule has 2 aromatic rings. The van der Waals surface area contributed by atoms with Crippen LogP contribution in [0.5, 0.6) is 5.75 Å². The van der Waals surface area contributed by atoms with Gasteiger partial charge in [0.1, 0.15) is 17.4 Å². The maximum Gasteiger partial charge on any atom is 0.140 e. The monoisotopic (exact) mass is 329 g/mol. The molecule has 1 aromatic carbocycles. The minimum Gasteiger partial charge on any atom is -0.486 e. The Hall–Kier alpha value is -1.43. The molecule has 23 heavy (non-hydrogen) atoms. The zero-order chi connectivity index (χ0) is 15.5. The van der Waals surface area contributed by atoms with E-state index < -0.39 is 0 Å². The molecule has 5 heteroatoms. The molecule has 122 valence electrons. The minimum absolute atomic E-state index is 0.537. The number of ether oxygens (including phenoxy) is 1. The average Bonchev–Trinajstić information content (AvgIpc) is 3.31. The van der Waals surface area contributed by atoms with Crippen LogP contribution >= 0.6 is 11.3 Å². The van der Waals surface area contributed by atoms with Crippen LogP contribution in [0.25, 0.3) is 0 Å². The van der Waals surface area contributed by atoms with E-state index in [9.17, 15) is 0 Å². The molecule has 0 saturated carbocycles. The molecular formula is C18H23N3OS. The molecular weight excluding hydrogens is 306 g/mol. The molecule has 1 atom stereocenters. The van der Waals surface area contributed by atoms with E-state index in [0.29, 0.717) is 12.0 Å². The Morgan fingerprint density at radius 1 is 1.26 bits per heavy atom. The highest BCUT2D eigenvalue weighted by Gasteiger charge is 2.40. The summed E-state index contributed by atoms with van der Waals surface area (Å²) in [4.78, 5) is 7.30. The van der Waals surface area contributed by atoms with Crippen molar-refractivity contribution >= 4 is 11.3 Å². The molecule has 2 saturated heterocycles. The summed E-state index contributed by atoms with van der Waals surface area (Å²) in [5.41, 5.74) is 1.72. The number of benzene rings is 1. The molecule has 2 aliphatic heterocycles. The van der Waals surface area contributed by atoms with E-state index >= 15 is 0 Å². The summed E-state index contributed by atoms with van der Waals surface area (Å²) in [6, 6.07) is 9.94. The van der Waals surface area contributed by atoms with Crippen molar-refractivity contribution in [3.05, 3.63) is 46.4 Å². The maximum absolute atomic E-state index is 5.78. The van der Waals surface area contributed by atoms with Crippen molar-refractivity contribution in [2.75, 3.05) is 26.2 Å². The molecule has 0 radical (unpaired) electrons. The Morgan fingerprint density at radius 3 is 3.00 bits per heavy atom. The average molecular weight is 329 g/mol. The highest BCUT2D eigenvalue weighted by molar-refractivity contribution is 7.09. The fourth-order valence-corrected chi connectivity index (χ4v) is 4.38. The molecule has 1 aromatic heterocycles. The van der Waals surface area contributed by atoms with E-state index in [1.54, 1.807) is 11.3 Å². The highest BCUT2D eigenvalue weighted by Crippen LogP contribution is 2.36. The first-order chi connectivity index (χ1) is 11.3. The van der Waals surface area contributed by atoms with Crippen LogP contribution in [-0.4, -0.2) is 36.1 Å². The van der Waals surface area contributed by atoms with Gasteiger partial charge in [-0.1, -0.05) is 18.2 Å². The van der Waals surface area contributed by atoms with Gasteiger partial charge in [-0.15, -0.1) is 11.3 Å². The molecule has 1 spiro atoms. The standard InChI is InChI=1S/C18H23N3OS/c1-2-4-16(5-3-1)22-11-17-20-15(12-23-17)10-21-9-7-18(14-21)6-8-19-13-18/h1-5,12,19H,6-11,13-14H2. The molecule has 2 fully saturated rings. The third-order valence-electron chi connectivity index (χ3n) is 4.94. The van der Waals surface area contributed by atoms with Gasteiger partial charge in [0.25, 0.3) is 0 Å². The predicted molar refractivity (Wildman–Crippen MR) is 92.7 cm³/mol. The first kappa shape index (κ1) is 15.1. The summed E-state index contributed by atoms with van der Waals surface area (Å²) < 4.78 is 5.78. The lowest BCUT2D eigenvalue weighted by molar-refractivity contribution is 0.266. The second-order valence-electron chi connectivity index (χ2n) is 6.72. The van der Waals surface area contributed by atoms with Gasteiger partial charge in [-0.3, -0.25) is 4.90 Å². The van der Waals surface area contributed by atoms with E-state index in [1.165, 1.54) is 44.7 Å². The largest absolute Gasteiger partial charge is 0.486 e. The lowest BCUT2D eigenvalue weighted by Gasteiger charge is -2.22. The van der Waals surface area contributed by atoms with E-state index in [1.807, 2.05) is 30.3 Å². The van der Waals surface area contributed by atoms with Crippen molar-refractivity contribution in [3.63, 3.8) is 0 Å². The Morgan fingerprint density at radius 2 is 2.17 bits per heavy atom. The van der Waals surface area contributed by atoms with Crippen LogP contribution in [0.3, 0.4) is 0 Å². The summed E-state index contributed by atoms with van der Waals surface area (Å²) >= 11 is 1.70. The van der Waals surface area contributed by atoms with Crippen molar-refractivity contribution in [2.45, 2.75) is 26.0 Å². The molecule has 1 N–H and O–H groups in total. The normalized spacial score (nSPS) is 24.5. The summed E-state index contributed by atoms with van der Waals surface area (Å²) in [6.07, 6.45) is 2.66. The molecule has 3 heterocycles. The Kier molecular flexibility index (Phi) is 4.33. The molecule has 2 aliphatic rings. The van der Waals surface area contributed by atoms with Gasteiger partial charge < -0.3 is 10.1 Å². The molecule has 0 aliphatic carbocycles. The number of nitrogens with one attached hydrogen (secondary N) is 1. The van der Waals surface area contributed by atoms with Crippen LogP contribution in [0.1, 0.15) is 23.5 Å². The molecule has 0 bridgehead atoms. The van der Waals surface area contributed by atoms with Crippen molar-refractivity contribution < 1.29 is 4.74 Å². The quantitative estimate of drug-likeness (QED) is 0.915. The molecule has 0 amide bonds. The summed E-state index contributed by atoms with van der Waals surface area (Å²) in [5, 5.41) is 6.76. The number of rotatable bonds is 5. The second-order valence-corrected chi connectivity index (χ2v) is 7.66. The fraction of sp³-hybridized carbons (Fsp3) is 0.500. The number of hydrogen-bond acceptors (Lipinski definition) is 5. The van der Waals surface area contributed by atoms with Crippen LogP contribution in [0, 0.1) is 5.41 Å². The summed E-state index contributed by atoms with van der Waals surface area (Å²) in [7, 11) is 0.